The molecule has 0 fully saturated rings. The van der Waals surface area contributed by atoms with Crippen molar-refractivity contribution in [3.8, 4) is 11.1 Å². The molecule has 0 aliphatic rings. The van der Waals surface area contributed by atoms with Crippen LogP contribution in [-0.2, 0) is 6.42 Å². The number of benzene rings is 3. The van der Waals surface area contributed by atoms with Gasteiger partial charge in [-0.25, -0.2) is 9.59 Å². The van der Waals surface area contributed by atoms with Crippen LogP contribution in [0.4, 0.5) is 0 Å². The summed E-state index contributed by atoms with van der Waals surface area (Å²) in [7, 11) is 0. The first-order valence-electron chi connectivity index (χ1n) is 8.21. The zero-order valence-electron chi connectivity index (χ0n) is 14.3. The molecule has 0 aliphatic carbocycles. The zero-order chi connectivity index (χ0) is 18.7. The number of hydrogen-bond acceptors (Lipinski definition) is 2. The van der Waals surface area contributed by atoms with Crippen molar-refractivity contribution in [1.29, 1.82) is 0 Å². The van der Waals surface area contributed by atoms with Crippen molar-refractivity contribution < 1.29 is 19.8 Å². The van der Waals surface area contributed by atoms with E-state index in [1.165, 1.54) is 6.92 Å². The first-order valence-corrected chi connectivity index (χ1v) is 8.21. The third-order valence-electron chi connectivity index (χ3n) is 4.43. The lowest BCUT2D eigenvalue weighted by Crippen LogP contribution is -2.08. The molecule has 0 bridgehead atoms. The Bertz CT molecular complexity index is 939. The molecule has 0 unspecified atom stereocenters. The van der Waals surface area contributed by atoms with Gasteiger partial charge in [0.1, 0.15) is 0 Å². The molecule has 130 valence electrons. The number of carbonyl (C=O) groups is 2. The first kappa shape index (κ1) is 17.4. The predicted octanol–water partition coefficient (Wildman–Crippen LogP) is 4.65. The number of aromatic carboxylic acids is 2. The van der Waals surface area contributed by atoms with Gasteiger partial charge in [0.15, 0.2) is 0 Å². The van der Waals surface area contributed by atoms with Gasteiger partial charge in [0.05, 0.1) is 11.1 Å². The average Bonchev–Trinajstić information content (AvgIpc) is 2.63. The minimum atomic E-state index is -1.13. The Morgan fingerprint density at radius 2 is 1.35 bits per heavy atom. The molecule has 2 N–H and O–H groups in total. The quantitative estimate of drug-likeness (QED) is 0.705. The van der Waals surface area contributed by atoms with Gasteiger partial charge in [-0.3, -0.25) is 0 Å². The standard InChI is InChI=1S/C22H18O4/c1-14-19(21(23)24)12-17(13-20(14)22(25)26)18-10-6-5-9-16(18)11-15-7-3-2-4-8-15/h2-10,12-13H,11H2,1H3,(H,23,24)(H,25,26). The second-order valence-electron chi connectivity index (χ2n) is 6.13. The normalized spacial score (nSPS) is 10.5. The molecule has 0 saturated heterocycles. The van der Waals surface area contributed by atoms with Crippen LogP contribution in [0.2, 0.25) is 0 Å². The van der Waals surface area contributed by atoms with Crippen LogP contribution in [0.25, 0.3) is 11.1 Å². The monoisotopic (exact) mass is 346 g/mol. The molecule has 0 atom stereocenters. The summed E-state index contributed by atoms with van der Waals surface area (Å²) in [6.07, 6.45) is 0.676. The molecule has 3 rings (SSSR count). The second kappa shape index (κ2) is 7.23. The topological polar surface area (TPSA) is 74.6 Å². The fourth-order valence-corrected chi connectivity index (χ4v) is 3.09. The van der Waals surface area contributed by atoms with Crippen molar-refractivity contribution >= 4 is 11.9 Å². The van der Waals surface area contributed by atoms with E-state index < -0.39 is 11.9 Å². The summed E-state index contributed by atoms with van der Waals surface area (Å²) >= 11 is 0. The van der Waals surface area contributed by atoms with Gasteiger partial charge in [-0.05, 0) is 53.3 Å². The SMILES string of the molecule is Cc1c(C(=O)O)cc(-c2ccccc2Cc2ccccc2)cc1C(=O)O. The van der Waals surface area contributed by atoms with Gasteiger partial charge in [-0.2, -0.15) is 0 Å². The van der Waals surface area contributed by atoms with E-state index >= 15 is 0 Å². The van der Waals surface area contributed by atoms with Gasteiger partial charge in [0, 0.05) is 0 Å². The fraction of sp³-hybridized carbons (Fsp3) is 0.0909. The predicted molar refractivity (Wildman–Crippen MR) is 99.8 cm³/mol. The molecule has 0 radical (unpaired) electrons. The lowest BCUT2D eigenvalue weighted by Gasteiger charge is -2.13. The summed E-state index contributed by atoms with van der Waals surface area (Å²) in [6, 6.07) is 20.7. The minimum Gasteiger partial charge on any atom is -0.478 e. The van der Waals surface area contributed by atoms with Crippen LogP contribution >= 0.6 is 0 Å². The van der Waals surface area contributed by atoms with Gasteiger partial charge in [0.25, 0.3) is 0 Å². The van der Waals surface area contributed by atoms with Crippen molar-refractivity contribution in [1.82, 2.24) is 0 Å². The summed E-state index contributed by atoms with van der Waals surface area (Å²) < 4.78 is 0. The molecule has 3 aromatic rings. The summed E-state index contributed by atoms with van der Waals surface area (Å²) in [6.45, 7) is 1.52. The molecular formula is C22H18O4. The number of carboxylic acids is 2. The highest BCUT2D eigenvalue weighted by Gasteiger charge is 2.18. The van der Waals surface area contributed by atoms with Crippen molar-refractivity contribution in [2.45, 2.75) is 13.3 Å². The van der Waals surface area contributed by atoms with E-state index in [-0.39, 0.29) is 16.7 Å². The van der Waals surface area contributed by atoms with Gasteiger partial charge in [0.2, 0.25) is 0 Å². The summed E-state index contributed by atoms with van der Waals surface area (Å²) in [5, 5.41) is 18.9. The Morgan fingerprint density at radius 3 is 1.92 bits per heavy atom. The molecule has 0 heterocycles. The van der Waals surface area contributed by atoms with Crippen molar-refractivity contribution in [3.63, 3.8) is 0 Å². The molecule has 0 saturated carbocycles. The van der Waals surface area contributed by atoms with E-state index in [0.29, 0.717) is 12.0 Å². The first-order chi connectivity index (χ1) is 12.5. The van der Waals surface area contributed by atoms with Crippen molar-refractivity contribution in [2.75, 3.05) is 0 Å². The van der Waals surface area contributed by atoms with E-state index in [4.69, 9.17) is 0 Å². The second-order valence-corrected chi connectivity index (χ2v) is 6.13. The Balaban J connectivity index is 2.15. The third-order valence-corrected chi connectivity index (χ3v) is 4.43. The van der Waals surface area contributed by atoms with Crippen LogP contribution in [0.5, 0.6) is 0 Å². The molecule has 0 aromatic heterocycles. The number of carboxylic acid groups (broad SMARTS) is 2. The van der Waals surface area contributed by atoms with Gasteiger partial charge < -0.3 is 10.2 Å². The van der Waals surface area contributed by atoms with Crippen LogP contribution in [0, 0.1) is 6.92 Å². The largest absolute Gasteiger partial charge is 0.478 e. The summed E-state index contributed by atoms with van der Waals surface area (Å²) in [5.41, 5.74) is 3.84. The van der Waals surface area contributed by atoms with Crippen molar-refractivity contribution in [2.24, 2.45) is 0 Å². The van der Waals surface area contributed by atoms with Crippen LogP contribution in [0.3, 0.4) is 0 Å². The van der Waals surface area contributed by atoms with E-state index in [9.17, 15) is 19.8 Å². The Labute approximate surface area is 151 Å². The molecule has 4 heteroatoms. The van der Waals surface area contributed by atoms with Crippen LogP contribution < -0.4 is 0 Å². The Morgan fingerprint density at radius 1 is 0.808 bits per heavy atom. The minimum absolute atomic E-state index is 0.00872. The Kier molecular flexibility index (Phi) is 4.85. The van der Waals surface area contributed by atoms with Gasteiger partial charge in [-0.1, -0.05) is 54.6 Å². The highest BCUT2D eigenvalue weighted by molar-refractivity contribution is 5.98. The van der Waals surface area contributed by atoms with Crippen LogP contribution in [0.1, 0.15) is 37.4 Å². The number of hydrogen-bond donors (Lipinski definition) is 2. The maximum atomic E-state index is 11.6. The van der Waals surface area contributed by atoms with Crippen LogP contribution in [-0.4, -0.2) is 22.2 Å². The van der Waals surface area contributed by atoms with Crippen molar-refractivity contribution in [3.05, 3.63) is 94.5 Å². The third kappa shape index (κ3) is 3.49. The average molecular weight is 346 g/mol. The summed E-state index contributed by atoms with van der Waals surface area (Å²) in [4.78, 5) is 23.1. The number of rotatable bonds is 5. The molecular weight excluding hydrogens is 328 g/mol. The van der Waals surface area contributed by atoms with Gasteiger partial charge >= 0.3 is 11.9 Å². The van der Waals surface area contributed by atoms with E-state index in [1.54, 1.807) is 12.1 Å². The highest BCUT2D eigenvalue weighted by atomic mass is 16.4. The van der Waals surface area contributed by atoms with E-state index in [1.807, 2.05) is 54.6 Å². The molecule has 0 aliphatic heterocycles. The maximum absolute atomic E-state index is 11.6. The zero-order valence-corrected chi connectivity index (χ0v) is 14.3. The smallest absolute Gasteiger partial charge is 0.335 e. The molecule has 0 amide bonds. The molecule has 0 spiro atoms. The highest BCUT2D eigenvalue weighted by Crippen LogP contribution is 2.30. The fourth-order valence-electron chi connectivity index (χ4n) is 3.09. The molecule has 26 heavy (non-hydrogen) atoms. The lowest BCUT2D eigenvalue weighted by molar-refractivity contribution is 0.0696. The lowest BCUT2D eigenvalue weighted by atomic mass is 9.90. The van der Waals surface area contributed by atoms with E-state index in [0.717, 1.165) is 16.7 Å². The maximum Gasteiger partial charge on any atom is 0.335 e. The van der Waals surface area contributed by atoms with Gasteiger partial charge in [-0.15, -0.1) is 0 Å². The molecule has 4 nitrogen and oxygen atoms in total. The summed E-state index contributed by atoms with van der Waals surface area (Å²) in [5.74, 6) is -2.26. The van der Waals surface area contributed by atoms with Crippen LogP contribution in [0.15, 0.2) is 66.7 Å². The molecule has 3 aromatic carbocycles. The Hall–Kier alpha value is -3.40. The van der Waals surface area contributed by atoms with E-state index in [2.05, 4.69) is 0 Å².